The molecule has 7 heteroatoms. The summed E-state index contributed by atoms with van der Waals surface area (Å²) in [6.07, 6.45) is 0. The Kier molecular flexibility index (Phi) is 5.52. The van der Waals surface area contributed by atoms with E-state index in [9.17, 15) is 14.9 Å². The number of carbonyl (C=O) groups is 1. The lowest BCUT2D eigenvalue weighted by molar-refractivity contribution is -0.384. The van der Waals surface area contributed by atoms with Crippen molar-refractivity contribution in [3.63, 3.8) is 0 Å². The van der Waals surface area contributed by atoms with E-state index in [-0.39, 0.29) is 17.9 Å². The van der Waals surface area contributed by atoms with Gasteiger partial charge in [0.2, 0.25) is 0 Å². The van der Waals surface area contributed by atoms with Crippen molar-refractivity contribution in [3.05, 3.63) is 69.6 Å². The van der Waals surface area contributed by atoms with E-state index in [0.717, 1.165) is 0 Å². The van der Waals surface area contributed by atoms with Crippen molar-refractivity contribution in [1.29, 1.82) is 0 Å². The first-order chi connectivity index (χ1) is 13.0. The Labute approximate surface area is 160 Å². The fourth-order valence-electron chi connectivity index (χ4n) is 2.76. The third kappa shape index (κ3) is 3.83. The van der Waals surface area contributed by atoms with Gasteiger partial charge in [0.05, 0.1) is 29.8 Å². The molecule has 1 heterocycles. The maximum atomic E-state index is 12.6. The first-order valence-electron chi connectivity index (χ1n) is 8.23. The Bertz CT molecular complexity index is 965. The average molecular weight is 383 g/mol. The molecule has 0 bridgehead atoms. The number of hydrogen-bond acceptors (Lipinski definition) is 6. The molecule has 0 N–H and O–H groups in total. The van der Waals surface area contributed by atoms with Crippen LogP contribution in [0, 0.1) is 10.1 Å². The molecule has 0 radical (unpaired) electrons. The van der Waals surface area contributed by atoms with Crippen LogP contribution in [0.3, 0.4) is 0 Å². The standard InChI is InChI=1S/C20H17NO5S/c1-3-26-20(22)16-11-17(19-5-4-10-27-19)18(21(23)24)12-15(16)13-6-8-14(25-2)9-7-13/h4-12H,3H2,1-2H3. The second-order valence-electron chi connectivity index (χ2n) is 5.60. The van der Waals surface area contributed by atoms with E-state index in [1.165, 1.54) is 17.4 Å². The number of nitrogens with zero attached hydrogens (tertiary/aromatic N) is 1. The topological polar surface area (TPSA) is 78.7 Å². The zero-order valence-electron chi connectivity index (χ0n) is 14.8. The third-order valence-corrected chi connectivity index (χ3v) is 4.92. The minimum absolute atomic E-state index is 0.0590. The van der Waals surface area contributed by atoms with E-state index in [2.05, 4.69) is 0 Å². The third-order valence-electron chi connectivity index (χ3n) is 4.02. The predicted molar refractivity (Wildman–Crippen MR) is 104 cm³/mol. The van der Waals surface area contributed by atoms with Crippen LogP contribution in [-0.4, -0.2) is 24.6 Å². The molecule has 0 saturated carbocycles. The second-order valence-corrected chi connectivity index (χ2v) is 6.55. The van der Waals surface area contributed by atoms with Crippen LogP contribution in [0.1, 0.15) is 17.3 Å². The molecule has 0 unspecified atom stereocenters. The van der Waals surface area contributed by atoms with Gasteiger partial charge in [-0.3, -0.25) is 10.1 Å². The van der Waals surface area contributed by atoms with Gasteiger partial charge >= 0.3 is 5.97 Å². The Morgan fingerprint density at radius 2 is 1.89 bits per heavy atom. The van der Waals surface area contributed by atoms with Crippen molar-refractivity contribution in [2.75, 3.05) is 13.7 Å². The fourth-order valence-corrected chi connectivity index (χ4v) is 3.51. The number of carbonyl (C=O) groups excluding carboxylic acids is 1. The van der Waals surface area contributed by atoms with Crippen LogP contribution in [0.5, 0.6) is 5.75 Å². The summed E-state index contributed by atoms with van der Waals surface area (Å²) >= 11 is 1.37. The summed E-state index contributed by atoms with van der Waals surface area (Å²) in [6.45, 7) is 1.93. The highest BCUT2D eigenvalue weighted by atomic mass is 32.1. The number of rotatable bonds is 6. The minimum Gasteiger partial charge on any atom is -0.497 e. The molecule has 0 spiro atoms. The van der Waals surface area contributed by atoms with E-state index in [1.54, 1.807) is 50.4 Å². The van der Waals surface area contributed by atoms with Crippen molar-refractivity contribution >= 4 is 23.0 Å². The van der Waals surface area contributed by atoms with E-state index >= 15 is 0 Å². The molecule has 6 nitrogen and oxygen atoms in total. The van der Waals surface area contributed by atoms with E-state index in [4.69, 9.17) is 9.47 Å². The van der Waals surface area contributed by atoms with E-state index < -0.39 is 10.9 Å². The minimum atomic E-state index is -0.518. The maximum Gasteiger partial charge on any atom is 0.338 e. The van der Waals surface area contributed by atoms with Gasteiger partial charge in [0.1, 0.15) is 5.75 Å². The van der Waals surface area contributed by atoms with Crippen molar-refractivity contribution < 1.29 is 19.2 Å². The van der Waals surface area contributed by atoms with Crippen LogP contribution < -0.4 is 4.74 Å². The molecule has 0 aliphatic carbocycles. The molecular formula is C20H17NO5S. The van der Waals surface area contributed by atoms with Crippen LogP contribution in [0.2, 0.25) is 0 Å². The van der Waals surface area contributed by atoms with Gasteiger partial charge in [0, 0.05) is 16.5 Å². The molecular weight excluding hydrogens is 366 g/mol. The SMILES string of the molecule is CCOC(=O)c1cc(-c2cccs2)c([N+](=O)[O-])cc1-c1ccc(OC)cc1. The van der Waals surface area contributed by atoms with Crippen LogP contribution in [0.4, 0.5) is 5.69 Å². The average Bonchev–Trinajstić information content (AvgIpc) is 3.22. The maximum absolute atomic E-state index is 12.6. The molecule has 0 fully saturated rings. The monoisotopic (exact) mass is 383 g/mol. The number of thiophene rings is 1. The zero-order chi connectivity index (χ0) is 19.4. The van der Waals surface area contributed by atoms with Crippen molar-refractivity contribution in [1.82, 2.24) is 0 Å². The Morgan fingerprint density at radius 1 is 1.15 bits per heavy atom. The molecule has 0 aliphatic heterocycles. The van der Waals surface area contributed by atoms with Gasteiger partial charge < -0.3 is 9.47 Å². The van der Waals surface area contributed by atoms with Gasteiger partial charge in [-0.1, -0.05) is 18.2 Å². The van der Waals surface area contributed by atoms with Crippen LogP contribution in [-0.2, 0) is 4.74 Å². The van der Waals surface area contributed by atoms with Gasteiger partial charge in [-0.05, 0) is 42.1 Å². The lowest BCUT2D eigenvalue weighted by Gasteiger charge is -2.12. The lowest BCUT2D eigenvalue weighted by atomic mass is 9.95. The Hall–Kier alpha value is -3.19. The molecule has 27 heavy (non-hydrogen) atoms. The Morgan fingerprint density at radius 3 is 2.44 bits per heavy atom. The first-order valence-corrected chi connectivity index (χ1v) is 9.11. The molecule has 2 aromatic carbocycles. The van der Waals surface area contributed by atoms with Gasteiger partial charge in [0.15, 0.2) is 0 Å². The Balaban J connectivity index is 2.24. The fraction of sp³-hybridized carbons (Fsp3) is 0.150. The number of nitro benzene ring substituents is 1. The number of methoxy groups -OCH3 is 1. The van der Waals surface area contributed by atoms with E-state index in [1.807, 2.05) is 11.4 Å². The van der Waals surface area contributed by atoms with Crippen molar-refractivity contribution in [2.45, 2.75) is 6.92 Å². The molecule has 0 aliphatic rings. The number of hydrogen-bond donors (Lipinski definition) is 0. The molecule has 0 amide bonds. The second kappa shape index (κ2) is 8.01. The first kappa shape index (κ1) is 18.6. The van der Waals surface area contributed by atoms with Gasteiger partial charge in [-0.15, -0.1) is 11.3 Å². The van der Waals surface area contributed by atoms with Crippen molar-refractivity contribution in [2.24, 2.45) is 0 Å². The quantitative estimate of drug-likeness (QED) is 0.333. The molecule has 0 saturated heterocycles. The highest BCUT2D eigenvalue weighted by Crippen LogP contribution is 2.39. The summed E-state index contributed by atoms with van der Waals surface area (Å²) < 4.78 is 10.3. The molecule has 0 atom stereocenters. The smallest absolute Gasteiger partial charge is 0.338 e. The van der Waals surface area contributed by atoms with Crippen LogP contribution >= 0.6 is 11.3 Å². The summed E-state index contributed by atoms with van der Waals surface area (Å²) in [6, 6.07) is 13.6. The molecule has 3 rings (SSSR count). The van der Waals surface area contributed by atoms with Gasteiger partial charge in [-0.25, -0.2) is 4.79 Å². The van der Waals surface area contributed by atoms with Gasteiger partial charge in [0.25, 0.3) is 5.69 Å². The summed E-state index contributed by atoms with van der Waals surface area (Å²) in [4.78, 5) is 24.5. The highest BCUT2D eigenvalue weighted by molar-refractivity contribution is 7.13. The molecule has 138 valence electrons. The van der Waals surface area contributed by atoms with Gasteiger partial charge in [-0.2, -0.15) is 0 Å². The summed E-state index contributed by atoms with van der Waals surface area (Å²) in [5.41, 5.74) is 1.74. The normalized spacial score (nSPS) is 10.4. The number of nitro groups is 1. The van der Waals surface area contributed by atoms with Crippen LogP contribution in [0.15, 0.2) is 53.9 Å². The predicted octanol–water partition coefficient (Wildman–Crippen LogP) is 5.18. The van der Waals surface area contributed by atoms with E-state index in [0.29, 0.717) is 27.3 Å². The summed E-state index contributed by atoms with van der Waals surface area (Å²) in [7, 11) is 1.56. The highest BCUT2D eigenvalue weighted by Gasteiger charge is 2.24. The molecule has 3 aromatic rings. The largest absolute Gasteiger partial charge is 0.497 e. The van der Waals surface area contributed by atoms with Crippen LogP contribution in [0.25, 0.3) is 21.6 Å². The lowest BCUT2D eigenvalue weighted by Crippen LogP contribution is -2.08. The zero-order valence-corrected chi connectivity index (χ0v) is 15.6. The summed E-state index contributed by atoms with van der Waals surface area (Å²) in [5, 5.41) is 13.5. The number of benzene rings is 2. The number of esters is 1. The van der Waals surface area contributed by atoms with Crippen molar-refractivity contribution in [3.8, 4) is 27.3 Å². The molecule has 1 aromatic heterocycles. The number of ether oxygens (including phenoxy) is 2. The summed E-state index contributed by atoms with van der Waals surface area (Å²) in [5.74, 6) is 0.136.